The van der Waals surface area contributed by atoms with Gasteiger partial charge in [0, 0.05) is 49.7 Å². The van der Waals surface area contributed by atoms with Crippen molar-refractivity contribution < 1.29 is 9.84 Å². The molecule has 3 heterocycles. The topological polar surface area (TPSA) is 61.7 Å². The molecule has 1 fully saturated rings. The van der Waals surface area contributed by atoms with Gasteiger partial charge in [0.1, 0.15) is 5.82 Å². The number of rotatable bonds is 6. The molecule has 2 atom stereocenters. The van der Waals surface area contributed by atoms with Gasteiger partial charge in [0.05, 0.1) is 28.8 Å². The van der Waals surface area contributed by atoms with Gasteiger partial charge in [-0.15, -0.1) is 0 Å². The van der Waals surface area contributed by atoms with Crippen LogP contribution in [0.15, 0.2) is 54.9 Å². The predicted molar refractivity (Wildman–Crippen MR) is 133 cm³/mol. The number of nitrogens with zero attached hydrogens (tertiary/aromatic N) is 4. The fourth-order valence-electron chi connectivity index (χ4n) is 4.21. The molecule has 1 saturated heterocycles. The van der Waals surface area contributed by atoms with E-state index < -0.39 is 5.60 Å². The maximum absolute atomic E-state index is 11.3. The Bertz CT molecular complexity index is 1110. The minimum atomic E-state index is -1.08. The summed E-state index contributed by atoms with van der Waals surface area (Å²) < 4.78 is 5.23. The van der Waals surface area contributed by atoms with Crippen LogP contribution in [0.2, 0.25) is 15.1 Å². The van der Waals surface area contributed by atoms with Crippen molar-refractivity contribution in [2.24, 2.45) is 0 Å². The SMILES string of the molecule is COc1cc([C@](C)(O)CN2CCN(c3ncc(Cl)cc3Cl)[C@H](c3ccc(Cl)cc3)C2)ccn1. The lowest BCUT2D eigenvalue weighted by molar-refractivity contribution is 0.00999. The summed E-state index contributed by atoms with van der Waals surface area (Å²) in [5.41, 5.74) is 0.753. The molecule has 9 heteroatoms. The smallest absolute Gasteiger partial charge is 0.213 e. The summed E-state index contributed by atoms with van der Waals surface area (Å²) in [6.45, 7) is 4.32. The van der Waals surface area contributed by atoms with E-state index in [1.54, 1.807) is 31.6 Å². The Kier molecular flexibility index (Phi) is 7.31. The molecule has 174 valence electrons. The van der Waals surface area contributed by atoms with Gasteiger partial charge in [-0.3, -0.25) is 4.90 Å². The Morgan fingerprint density at radius 2 is 1.82 bits per heavy atom. The molecule has 0 aliphatic carbocycles. The number of hydrogen-bond acceptors (Lipinski definition) is 6. The highest BCUT2D eigenvalue weighted by Crippen LogP contribution is 2.36. The third kappa shape index (κ3) is 5.53. The number of benzene rings is 1. The number of ether oxygens (including phenoxy) is 1. The summed E-state index contributed by atoms with van der Waals surface area (Å²) in [4.78, 5) is 13.1. The van der Waals surface area contributed by atoms with E-state index in [1.807, 2.05) is 37.3 Å². The molecule has 0 spiro atoms. The Balaban J connectivity index is 1.61. The molecule has 0 unspecified atom stereocenters. The maximum atomic E-state index is 11.3. The van der Waals surface area contributed by atoms with Gasteiger partial charge in [-0.1, -0.05) is 46.9 Å². The minimum Gasteiger partial charge on any atom is -0.481 e. The predicted octanol–water partition coefficient (Wildman–Crippen LogP) is 5.22. The molecule has 1 aliphatic heterocycles. The highest BCUT2D eigenvalue weighted by atomic mass is 35.5. The van der Waals surface area contributed by atoms with Crippen molar-refractivity contribution in [1.29, 1.82) is 0 Å². The van der Waals surface area contributed by atoms with Crippen LogP contribution in [0.25, 0.3) is 0 Å². The Hall–Kier alpha value is -2.09. The Morgan fingerprint density at radius 3 is 2.52 bits per heavy atom. The first kappa shape index (κ1) is 24.0. The number of anilines is 1. The Labute approximate surface area is 208 Å². The molecule has 4 rings (SSSR count). The van der Waals surface area contributed by atoms with Gasteiger partial charge in [0.2, 0.25) is 5.88 Å². The monoisotopic (exact) mass is 506 g/mol. The number of β-amino-alcohol motifs (C(OH)–C–C–N with tert-alkyl or cyclic N) is 1. The van der Waals surface area contributed by atoms with Crippen LogP contribution in [0, 0.1) is 0 Å². The lowest BCUT2D eigenvalue weighted by atomic mass is 9.94. The molecule has 3 aromatic rings. The van der Waals surface area contributed by atoms with Crippen LogP contribution in [0.5, 0.6) is 5.88 Å². The number of aromatic nitrogens is 2. The highest BCUT2D eigenvalue weighted by molar-refractivity contribution is 6.36. The van der Waals surface area contributed by atoms with E-state index in [0.29, 0.717) is 46.4 Å². The van der Waals surface area contributed by atoms with Crippen molar-refractivity contribution in [2.75, 3.05) is 38.2 Å². The maximum Gasteiger partial charge on any atom is 0.213 e. The average molecular weight is 508 g/mol. The first-order valence-electron chi connectivity index (χ1n) is 10.6. The zero-order valence-electron chi connectivity index (χ0n) is 18.4. The van der Waals surface area contributed by atoms with Gasteiger partial charge < -0.3 is 14.7 Å². The second-order valence-electron chi connectivity index (χ2n) is 8.32. The van der Waals surface area contributed by atoms with Gasteiger partial charge in [-0.2, -0.15) is 0 Å². The molecule has 0 amide bonds. The normalized spacial score (nSPS) is 18.7. The number of pyridine rings is 2. The van der Waals surface area contributed by atoms with Gasteiger partial charge >= 0.3 is 0 Å². The van der Waals surface area contributed by atoms with Crippen LogP contribution in [-0.4, -0.2) is 53.3 Å². The van der Waals surface area contributed by atoms with Crippen LogP contribution in [0.1, 0.15) is 24.1 Å². The van der Waals surface area contributed by atoms with E-state index >= 15 is 0 Å². The van der Waals surface area contributed by atoms with Crippen molar-refractivity contribution in [2.45, 2.75) is 18.6 Å². The van der Waals surface area contributed by atoms with Crippen LogP contribution in [0.3, 0.4) is 0 Å². The van der Waals surface area contributed by atoms with E-state index in [4.69, 9.17) is 39.5 Å². The van der Waals surface area contributed by atoms with Gasteiger partial charge in [-0.05, 0) is 42.3 Å². The van der Waals surface area contributed by atoms with Crippen molar-refractivity contribution in [3.05, 3.63) is 81.1 Å². The summed E-state index contributed by atoms with van der Waals surface area (Å²) >= 11 is 18.7. The van der Waals surface area contributed by atoms with Gasteiger partial charge in [0.25, 0.3) is 0 Å². The van der Waals surface area contributed by atoms with Crippen LogP contribution in [-0.2, 0) is 5.60 Å². The van der Waals surface area contributed by atoms with Gasteiger partial charge in [-0.25, -0.2) is 9.97 Å². The molecule has 0 radical (unpaired) electrons. The lowest BCUT2D eigenvalue weighted by Crippen LogP contribution is -2.52. The van der Waals surface area contributed by atoms with E-state index in [9.17, 15) is 5.11 Å². The van der Waals surface area contributed by atoms with Crippen LogP contribution in [0.4, 0.5) is 5.82 Å². The number of aliphatic hydroxyl groups is 1. The fourth-order valence-corrected chi connectivity index (χ4v) is 4.82. The molecular weight excluding hydrogens is 483 g/mol. The minimum absolute atomic E-state index is 0.0371. The molecule has 1 aromatic carbocycles. The first-order valence-corrected chi connectivity index (χ1v) is 11.7. The molecular formula is C24H25Cl3N4O2. The second-order valence-corrected chi connectivity index (χ2v) is 9.60. The molecule has 2 aromatic heterocycles. The molecule has 0 saturated carbocycles. The van der Waals surface area contributed by atoms with E-state index in [1.165, 1.54) is 0 Å². The first-order chi connectivity index (χ1) is 15.8. The molecule has 0 bridgehead atoms. The summed E-state index contributed by atoms with van der Waals surface area (Å²) in [5.74, 6) is 1.16. The van der Waals surface area contributed by atoms with E-state index in [-0.39, 0.29) is 6.04 Å². The largest absolute Gasteiger partial charge is 0.481 e. The molecule has 1 aliphatic rings. The third-order valence-electron chi connectivity index (χ3n) is 5.88. The van der Waals surface area contributed by atoms with Crippen molar-refractivity contribution in [3.8, 4) is 5.88 Å². The van der Waals surface area contributed by atoms with Crippen molar-refractivity contribution in [3.63, 3.8) is 0 Å². The van der Waals surface area contributed by atoms with Crippen LogP contribution < -0.4 is 9.64 Å². The Morgan fingerprint density at radius 1 is 1.06 bits per heavy atom. The highest BCUT2D eigenvalue weighted by Gasteiger charge is 2.34. The summed E-state index contributed by atoms with van der Waals surface area (Å²) in [6, 6.07) is 13.0. The van der Waals surface area contributed by atoms with Crippen LogP contribution >= 0.6 is 34.8 Å². The third-order valence-corrected chi connectivity index (χ3v) is 6.61. The number of methoxy groups -OCH3 is 1. The molecule has 33 heavy (non-hydrogen) atoms. The standard InChI is InChI=1S/C24H25Cl3N4O2/c1-24(32,17-7-8-28-22(11-17)33-2)15-30-9-10-31(23-20(27)12-19(26)13-29-23)21(14-30)16-3-5-18(25)6-4-16/h3-8,11-13,21,32H,9-10,14-15H2,1-2H3/t21-,24+/m0/s1. The zero-order chi connectivity index (χ0) is 23.6. The summed E-state index contributed by atoms with van der Waals surface area (Å²) in [6.07, 6.45) is 3.25. The van der Waals surface area contributed by atoms with E-state index in [0.717, 1.165) is 17.7 Å². The lowest BCUT2D eigenvalue weighted by Gasteiger charge is -2.44. The molecule has 6 nitrogen and oxygen atoms in total. The molecule has 1 N–H and O–H groups in total. The number of hydrogen-bond donors (Lipinski definition) is 1. The number of piperazine rings is 1. The fraction of sp³-hybridized carbons (Fsp3) is 0.333. The number of halogens is 3. The summed E-state index contributed by atoms with van der Waals surface area (Å²) in [5, 5.41) is 13.0. The average Bonchev–Trinajstić information content (AvgIpc) is 2.80. The van der Waals surface area contributed by atoms with Crippen molar-refractivity contribution in [1.82, 2.24) is 14.9 Å². The second kappa shape index (κ2) is 10.0. The van der Waals surface area contributed by atoms with Crippen molar-refractivity contribution >= 4 is 40.6 Å². The summed E-state index contributed by atoms with van der Waals surface area (Å²) in [7, 11) is 1.56. The quantitative estimate of drug-likeness (QED) is 0.494. The van der Waals surface area contributed by atoms with Gasteiger partial charge in [0.15, 0.2) is 0 Å². The zero-order valence-corrected chi connectivity index (χ0v) is 20.6. The van der Waals surface area contributed by atoms with E-state index in [2.05, 4.69) is 19.8 Å².